The molecule has 0 aliphatic heterocycles. The molecule has 1 amide bonds. The van der Waals surface area contributed by atoms with Gasteiger partial charge in [-0.1, -0.05) is 0 Å². The fourth-order valence-corrected chi connectivity index (χ4v) is 2.85. The number of nitrogens with zero attached hydrogens (tertiary/aromatic N) is 4. The zero-order valence-electron chi connectivity index (χ0n) is 12.7. The van der Waals surface area contributed by atoms with E-state index in [4.69, 9.17) is 5.26 Å². The molecule has 0 bridgehead atoms. The molecule has 0 saturated heterocycles. The Kier molecular flexibility index (Phi) is 3.68. The standard InChI is InChI=1S/C17H18N4O/c1-3-21(14-6-4-12(9-18)5-7-14)17(22)16-8-15(16)13-10-19-20(2)11-13/h4-7,10-11,15-16H,3,8H2,1-2H3/t15-,16-/m0/s1. The second kappa shape index (κ2) is 5.64. The Hall–Kier alpha value is -2.61. The maximum absolute atomic E-state index is 12.7. The van der Waals surface area contributed by atoms with Crippen molar-refractivity contribution in [2.75, 3.05) is 11.4 Å². The van der Waals surface area contributed by atoms with Crippen molar-refractivity contribution in [3.63, 3.8) is 0 Å². The molecular weight excluding hydrogens is 276 g/mol. The summed E-state index contributed by atoms with van der Waals surface area (Å²) >= 11 is 0. The highest BCUT2D eigenvalue weighted by Crippen LogP contribution is 2.48. The van der Waals surface area contributed by atoms with E-state index >= 15 is 0 Å². The minimum absolute atomic E-state index is 0.0415. The number of aromatic nitrogens is 2. The third-order valence-electron chi connectivity index (χ3n) is 4.15. The van der Waals surface area contributed by atoms with Gasteiger partial charge in [0.05, 0.1) is 17.8 Å². The summed E-state index contributed by atoms with van der Waals surface area (Å²) in [6.45, 7) is 2.60. The average molecular weight is 294 g/mol. The molecule has 5 heteroatoms. The Morgan fingerprint density at radius 1 is 1.45 bits per heavy atom. The number of rotatable bonds is 4. The molecule has 0 spiro atoms. The van der Waals surface area contributed by atoms with Gasteiger partial charge < -0.3 is 4.90 Å². The number of hydrogen-bond donors (Lipinski definition) is 0. The molecule has 1 aliphatic rings. The highest BCUT2D eigenvalue weighted by atomic mass is 16.2. The van der Waals surface area contributed by atoms with Crippen molar-refractivity contribution in [2.24, 2.45) is 13.0 Å². The van der Waals surface area contributed by atoms with Gasteiger partial charge in [-0.25, -0.2) is 0 Å². The molecule has 2 atom stereocenters. The zero-order chi connectivity index (χ0) is 15.7. The first-order chi connectivity index (χ1) is 10.6. The molecule has 0 radical (unpaired) electrons. The normalized spacial score (nSPS) is 19.5. The number of carbonyl (C=O) groups is 1. The molecule has 112 valence electrons. The lowest BCUT2D eigenvalue weighted by atomic mass is 10.1. The predicted octanol–water partition coefficient (Wildman–Crippen LogP) is 2.45. The second-order valence-electron chi connectivity index (χ2n) is 5.64. The maximum Gasteiger partial charge on any atom is 0.230 e. The Morgan fingerprint density at radius 2 is 2.18 bits per heavy atom. The number of carbonyl (C=O) groups excluding carboxylic acids is 1. The Morgan fingerprint density at radius 3 is 2.73 bits per heavy atom. The third kappa shape index (κ3) is 2.60. The van der Waals surface area contributed by atoms with Gasteiger partial charge in [0.2, 0.25) is 5.91 Å². The van der Waals surface area contributed by atoms with Crippen LogP contribution in [0.15, 0.2) is 36.7 Å². The van der Waals surface area contributed by atoms with Crippen LogP contribution in [0, 0.1) is 17.2 Å². The van der Waals surface area contributed by atoms with E-state index in [9.17, 15) is 4.79 Å². The lowest BCUT2D eigenvalue weighted by Crippen LogP contribution is -2.32. The molecule has 1 aromatic heterocycles. The molecule has 1 fully saturated rings. The molecular formula is C17H18N4O. The number of anilines is 1. The van der Waals surface area contributed by atoms with Gasteiger partial charge in [-0.15, -0.1) is 0 Å². The average Bonchev–Trinajstić information content (AvgIpc) is 3.23. The van der Waals surface area contributed by atoms with Crippen LogP contribution in [-0.2, 0) is 11.8 Å². The molecule has 2 aromatic rings. The molecule has 3 rings (SSSR count). The SMILES string of the molecule is CCN(C(=O)[C@H]1C[C@H]1c1cnn(C)c1)c1ccc(C#N)cc1. The van der Waals surface area contributed by atoms with E-state index in [1.54, 1.807) is 21.7 Å². The quantitative estimate of drug-likeness (QED) is 0.870. The molecule has 0 N–H and O–H groups in total. The van der Waals surface area contributed by atoms with Crippen molar-refractivity contribution in [1.82, 2.24) is 9.78 Å². The van der Waals surface area contributed by atoms with Crippen LogP contribution in [0.5, 0.6) is 0 Å². The van der Waals surface area contributed by atoms with Crippen molar-refractivity contribution in [3.05, 3.63) is 47.8 Å². The molecule has 1 aromatic carbocycles. The monoisotopic (exact) mass is 294 g/mol. The van der Waals surface area contributed by atoms with E-state index in [1.165, 1.54) is 0 Å². The van der Waals surface area contributed by atoms with Crippen LogP contribution in [0.1, 0.15) is 30.4 Å². The van der Waals surface area contributed by atoms with Gasteiger partial charge in [0.25, 0.3) is 0 Å². The summed E-state index contributed by atoms with van der Waals surface area (Å²) in [6.07, 6.45) is 4.71. The Labute approximate surface area is 129 Å². The van der Waals surface area contributed by atoms with E-state index in [-0.39, 0.29) is 17.7 Å². The van der Waals surface area contributed by atoms with Gasteiger partial charge in [-0.3, -0.25) is 9.48 Å². The van der Waals surface area contributed by atoms with Gasteiger partial charge in [0, 0.05) is 31.4 Å². The summed E-state index contributed by atoms with van der Waals surface area (Å²) < 4.78 is 1.77. The maximum atomic E-state index is 12.7. The fraction of sp³-hybridized carbons (Fsp3) is 0.353. The number of hydrogen-bond acceptors (Lipinski definition) is 3. The Bertz CT molecular complexity index is 726. The first-order valence-electron chi connectivity index (χ1n) is 7.44. The van der Waals surface area contributed by atoms with Gasteiger partial charge >= 0.3 is 0 Å². The molecule has 1 aliphatic carbocycles. The van der Waals surface area contributed by atoms with Gasteiger partial charge in [-0.05, 0) is 49.1 Å². The smallest absolute Gasteiger partial charge is 0.230 e. The van der Waals surface area contributed by atoms with Crippen molar-refractivity contribution in [3.8, 4) is 6.07 Å². The summed E-state index contributed by atoms with van der Waals surface area (Å²) in [4.78, 5) is 14.5. The van der Waals surface area contributed by atoms with E-state index in [0.717, 1.165) is 17.7 Å². The number of nitriles is 1. The Balaban J connectivity index is 1.74. The van der Waals surface area contributed by atoms with Crippen LogP contribution in [0.3, 0.4) is 0 Å². The van der Waals surface area contributed by atoms with E-state index < -0.39 is 0 Å². The third-order valence-corrected chi connectivity index (χ3v) is 4.15. The van der Waals surface area contributed by atoms with Crippen LogP contribution in [-0.4, -0.2) is 22.2 Å². The van der Waals surface area contributed by atoms with Crippen LogP contribution in [0.4, 0.5) is 5.69 Å². The summed E-state index contributed by atoms with van der Waals surface area (Å²) in [5.41, 5.74) is 2.59. The van der Waals surface area contributed by atoms with Gasteiger partial charge in [0.1, 0.15) is 0 Å². The topological polar surface area (TPSA) is 61.9 Å². The summed E-state index contributed by atoms with van der Waals surface area (Å²) in [6, 6.07) is 9.26. The first kappa shape index (κ1) is 14.3. The predicted molar refractivity (Wildman–Crippen MR) is 83.2 cm³/mol. The number of aryl methyl sites for hydroxylation is 1. The van der Waals surface area contributed by atoms with E-state index in [2.05, 4.69) is 11.2 Å². The summed E-state index contributed by atoms with van der Waals surface area (Å²) in [5, 5.41) is 13.0. The van der Waals surface area contributed by atoms with E-state index in [1.807, 2.05) is 38.5 Å². The molecule has 22 heavy (non-hydrogen) atoms. The van der Waals surface area contributed by atoms with E-state index in [0.29, 0.717) is 12.1 Å². The van der Waals surface area contributed by atoms with Crippen molar-refractivity contribution < 1.29 is 4.79 Å². The minimum Gasteiger partial charge on any atom is -0.312 e. The highest BCUT2D eigenvalue weighted by molar-refractivity contribution is 5.97. The van der Waals surface area contributed by atoms with Crippen LogP contribution < -0.4 is 4.90 Å². The van der Waals surface area contributed by atoms with Gasteiger partial charge in [-0.2, -0.15) is 10.4 Å². The lowest BCUT2D eigenvalue weighted by molar-refractivity contribution is -0.119. The van der Waals surface area contributed by atoms with Crippen LogP contribution in [0.2, 0.25) is 0 Å². The zero-order valence-corrected chi connectivity index (χ0v) is 12.7. The molecule has 1 heterocycles. The van der Waals surface area contributed by atoms with Gasteiger partial charge in [0.15, 0.2) is 0 Å². The summed E-state index contributed by atoms with van der Waals surface area (Å²) in [7, 11) is 1.89. The first-order valence-corrected chi connectivity index (χ1v) is 7.44. The largest absolute Gasteiger partial charge is 0.312 e. The fourth-order valence-electron chi connectivity index (χ4n) is 2.85. The lowest BCUT2D eigenvalue weighted by Gasteiger charge is -2.21. The molecule has 1 saturated carbocycles. The highest BCUT2D eigenvalue weighted by Gasteiger charge is 2.46. The minimum atomic E-state index is 0.0415. The van der Waals surface area contributed by atoms with Crippen LogP contribution >= 0.6 is 0 Å². The number of amides is 1. The van der Waals surface area contributed by atoms with Crippen LogP contribution in [0.25, 0.3) is 0 Å². The van der Waals surface area contributed by atoms with Crippen molar-refractivity contribution in [1.29, 1.82) is 5.26 Å². The molecule has 5 nitrogen and oxygen atoms in total. The van der Waals surface area contributed by atoms with Crippen molar-refractivity contribution >= 4 is 11.6 Å². The molecule has 0 unspecified atom stereocenters. The van der Waals surface area contributed by atoms with Crippen molar-refractivity contribution in [2.45, 2.75) is 19.3 Å². The second-order valence-corrected chi connectivity index (χ2v) is 5.64. The number of benzene rings is 1. The summed E-state index contributed by atoms with van der Waals surface area (Å²) in [5.74, 6) is 0.481.